The number of halogens is 3. The molecule has 0 N–H and O–H groups in total. The molecule has 1 unspecified atom stereocenters. The summed E-state index contributed by atoms with van der Waals surface area (Å²) >= 11 is 6.99. The first-order chi connectivity index (χ1) is 12.9. The van der Waals surface area contributed by atoms with Gasteiger partial charge in [-0.25, -0.2) is 13.8 Å². The van der Waals surface area contributed by atoms with Crippen molar-refractivity contribution in [3.05, 3.63) is 51.1 Å². The second-order valence-corrected chi connectivity index (χ2v) is 7.63. The topological polar surface area (TPSA) is 55.2 Å². The van der Waals surface area contributed by atoms with E-state index in [-0.39, 0.29) is 24.0 Å². The molecule has 1 fully saturated rings. The van der Waals surface area contributed by atoms with Gasteiger partial charge < -0.3 is 4.90 Å². The van der Waals surface area contributed by atoms with Crippen LogP contribution in [-0.2, 0) is 11.3 Å². The van der Waals surface area contributed by atoms with Gasteiger partial charge in [-0.1, -0.05) is 17.7 Å². The lowest BCUT2D eigenvalue weighted by Crippen LogP contribution is -2.35. The first kappa shape index (κ1) is 18.1. The van der Waals surface area contributed by atoms with Gasteiger partial charge in [-0.2, -0.15) is 0 Å². The van der Waals surface area contributed by atoms with Gasteiger partial charge in [0.05, 0.1) is 23.3 Å². The molecule has 1 aromatic carbocycles. The minimum Gasteiger partial charge on any atom is -0.338 e. The van der Waals surface area contributed by atoms with Gasteiger partial charge in [0.1, 0.15) is 23.4 Å². The number of fused-ring (bicyclic) bond motifs is 1. The lowest BCUT2D eigenvalue weighted by atomic mass is 10.1. The maximum Gasteiger partial charge on any atom is 0.263 e. The molecule has 3 heterocycles. The second kappa shape index (κ2) is 7.01. The average Bonchev–Trinajstić information content (AvgIpc) is 3.26. The fourth-order valence-corrected chi connectivity index (χ4v) is 4.17. The second-order valence-electron chi connectivity index (χ2n) is 6.36. The van der Waals surface area contributed by atoms with Gasteiger partial charge in [0.2, 0.25) is 5.91 Å². The van der Waals surface area contributed by atoms with Crippen molar-refractivity contribution in [2.45, 2.75) is 19.1 Å². The predicted octanol–water partition coefficient (Wildman–Crippen LogP) is 3.49. The van der Waals surface area contributed by atoms with Crippen LogP contribution in [0.5, 0.6) is 0 Å². The zero-order chi connectivity index (χ0) is 19.1. The highest BCUT2D eigenvalue weighted by Gasteiger charge is 2.26. The minimum absolute atomic E-state index is 0.00352. The molecular weight excluding hydrogens is 396 g/mol. The molecule has 1 saturated heterocycles. The summed E-state index contributed by atoms with van der Waals surface area (Å²) in [6.07, 6.45) is 0.609. The minimum atomic E-state index is -1.02. The van der Waals surface area contributed by atoms with Gasteiger partial charge in [-0.3, -0.25) is 14.2 Å². The van der Waals surface area contributed by atoms with Gasteiger partial charge in [0.15, 0.2) is 0 Å². The summed E-state index contributed by atoms with van der Waals surface area (Å²) in [5.41, 5.74) is 0.650. The number of carbonyl (C=O) groups excluding carboxylic acids is 1. The van der Waals surface area contributed by atoms with Crippen LogP contribution in [0.2, 0.25) is 5.02 Å². The maximum atomic E-state index is 13.8. The molecule has 140 valence electrons. The first-order valence-electron chi connectivity index (χ1n) is 8.28. The van der Waals surface area contributed by atoms with Crippen LogP contribution in [0.25, 0.3) is 21.3 Å². The van der Waals surface area contributed by atoms with Crippen LogP contribution in [-0.4, -0.2) is 39.6 Å². The molecule has 0 spiro atoms. The largest absolute Gasteiger partial charge is 0.338 e. The smallest absolute Gasteiger partial charge is 0.263 e. The third-order valence-corrected chi connectivity index (χ3v) is 5.77. The number of aromatic nitrogens is 2. The van der Waals surface area contributed by atoms with Crippen molar-refractivity contribution in [1.29, 1.82) is 0 Å². The average molecular weight is 410 g/mol. The first-order valence-corrected chi connectivity index (χ1v) is 9.53. The van der Waals surface area contributed by atoms with E-state index in [0.29, 0.717) is 34.3 Å². The van der Waals surface area contributed by atoms with Crippen molar-refractivity contribution in [2.75, 3.05) is 13.1 Å². The molecule has 4 rings (SSSR count). The summed E-state index contributed by atoms with van der Waals surface area (Å²) in [5, 5.41) is 2.04. The normalized spacial score (nSPS) is 17.0. The van der Waals surface area contributed by atoms with E-state index < -0.39 is 17.5 Å². The van der Waals surface area contributed by atoms with Gasteiger partial charge >= 0.3 is 0 Å². The van der Waals surface area contributed by atoms with Crippen LogP contribution in [0.4, 0.5) is 8.78 Å². The molecule has 27 heavy (non-hydrogen) atoms. The Morgan fingerprint density at radius 1 is 1.41 bits per heavy atom. The molecule has 0 aliphatic carbocycles. The number of benzene rings is 1. The van der Waals surface area contributed by atoms with Gasteiger partial charge in [-0.15, -0.1) is 11.3 Å². The van der Waals surface area contributed by atoms with Crippen molar-refractivity contribution in [3.63, 3.8) is 0 Å². The van der Waals surface area contributed by atoms with Gasteiger partial charge in [-0.05, 0) is 24.1 Å². The highest BCUT2D eigenvalue weighted by atomic mass is 35.5. The van der Waals surface area contributed by atoms with E-state index >= 15 is 0 Å². The number of carbonyl (C=O) groups is 1. The summed E-state index contributed by atoms with van der Waals surface area (Å²) in [5.74, 6) is -0.907. The highest BCUT2D eigenvalue weighted by molar-refractivity contribution is 7.17. The Hall–Kier alpha value is -2.32. The van der Waals surface area contributed by atoms with Crippen LogP contribution < -0.4 is 5.56 Å². The van der Waals surface area contributed by atoms with Crippen LogP contribution in [0, 0.1) is 5.82 Å². The third-order valence-electron chi connectivity index (χ3n) is 4.58. The molecule has 0 saturated carbocycles. The summed E-state index contributed by atoms with van der Waals surface area (Å²) < 4.78 is 28.3. The lowest BCUT2D eigenvalue weighted by molar-refractivity contribution is -0.131. The van der Waals surface area contributed by atoms with E-state index in [4.69, 9.17) is 11.6 Å². The van der Waals surface area contributed by atoms with E-state index in [1.807, 2.05) is 0 Å². The number of nitrogens with zero attached hydrogens (tertiary/aromatic N) is 3. The van der Waals surface area contributed by atoms with Crippen molar-refractivity contribution < 1.29 is 13.6 Å². The number of amides is 1. The summed E-state index contributed by atoms with van der Waals surface area (Å²) in [4.78, 5) is 31.4. The standard InChI is InChI=1S/C18H14ClF2N3O2S/c19-13-2-1-10(5-14(13)21)12-8-27-17-16(12)18(26)24(9-22-17)7-15(25)23-4-3-11(20)6-23/h1-2,5,8-9,11H,3-4,6-7H2. The molecule has 2 aromatic heterocycles. The maximum absolute atomic E-state index is 13.8. The van der Waals surface area contributed by atoms with Crippen molar-refractivity contribution in [2.24, 2.45) is 0 Å². The predicted molar refractivity (Wildman–Crippen MR) is 100 cm³/mol. The summed E-state index contributed by atoms with van der Waals surface area (Å²) in [7, 11) is 0. The monoisotopic (exact) mass is 409 g/mol. The molecule has 1 amide bonds. The Kier molecular flexibility index (Phi) is 4.69. The van der Waals surface area contributed by atoms with E-state index in [0.717, 1.165) is 0 Å². The molecule has 3 aromatic rings. The Bertz CT molecular complexity index is 1100. The van der Waals surface area contributed by atoms with Crippen LogP contribution in [0.3, 0.4) is 0 Å². The zero-order valence-corrected chi connectivity index (χ0v) is 15.6. The Morgan fingerprint density at radius 2 is 2.22 bits per heavy atom. The van der Waals surface area contributed by atoms with E-state index in [1.54, 1.807) is 11.4 Å². The number of rotatable bonds is 3. The molecule has 9 heteroatoms. The Balaban J connectivity index is 1.72. The fourth-order valence-electron chi connectivity index (χ4n) is 3.15. The van der Waals surface area contributed by atoms with Crippen LogP contribution in [0.1, 0.15) is 6.42 Å². The molecular formula is C18H14ClF2N3O2S. The lowest BCUT2D eigenvalue weighted by Gasteiger charge is -2.15. The number of alkyl halides is 1. The molecule has 1 aliphatic rings. The zero-order valence-electron chi connectivity index (χ0n) is 14.0. The fraction of sp³-hybridized carbons (Fsp3) is 0.278. The van der Waals surface area contributed by atoms with Crippen molar-refractivity contribution >= 4 is 39.1 Å². The van der Waals surface area contributed by atoms with Crippen LogP contribution >= 0.6 is 22.9 Å². The molecule has 1 aliphatic heterocycles. The van der Waals surface area contributed by atoms with Crippen LogP contribution in [0.15, 0.2) is 34.7 Å². The molecule has 1 atom stereocenters. The van der Waals surface area contributed by atoms with Crippen molar-refractivity contribution in [1.82, 2.24) is 14.5 Å². The molecule has 0 bridgehead atoms. The van der Waals surface area contributed by atoms with E-state index in [9.17, 15) is 18.4 Å². The van der Waals surface area contributed by atoms with Gasteiger partial charge in [0, 0.05) is 17.5 Å². The van der Waals surface area contributed by atoms with Gasteiger partial charge in [0.25, 0.3) is 5.56 Å². The van der Waals surface area contributed by atoms with Crippen molar-refractivity contribution in [3.8, 4) is 11.1 Å². The number of hydrogen-bond acceptors (Lipinski definition) is 4. The SMILES string of the molecule is O=C(Cn1cnc2scc(-c3ccc(Cl)c(F)c3)c2c1=O)N1CCC(F)C1. The Morgan fingerprint density at radius 3 is 2.93 bits per heavy atom. The molecule has 5 nitrogen and oxygen atoms in total. The third kappa shape index (κ3) is 3.35. The highest BCUT2D eigenvalue weighted by Crippen LogP contribution is 2.32. The van der Waals surface area contributed by atoms with E-state index in [2.05, 4.69) is 4.98 Å². The number of hydrogen-bond donors (Lipinski definition) is 0. The summed E-state index contributed by atoms with van der Waals surface area (Å²) in [6, 6.07) is 4.31. The number of likely N-dealkylation sites (tertiary alicyclic amines) is 1. The Labute approximate surface area is 161 Å². The summed E-state index contributed by atoms with van der Waals surface area (Å²) in [6.45, 7) is 0.188. The van der Waals surface area contributed by atoms with E-state index in [1.165, 1.54) is 39.3 Å². The molecule has 0 radical (unpaired) electrons. The quantitative estimate of drug-likeness (QED) is 0.665. The number of thiophene rings is 1.